The van der Waals surface area contributed by atoms with Gasteiger partial charge in [-0.05, 0) is 23.6 Å². The molecule has 0 radical (unpaired) electrons. The van der Waals surface area contributed by atoms with Gasteiger partial charge >= 0.3 is 0 Å². The Morgan fingerprint density at radius 3 is 2.22 bits per heavy atom. The minimum Gasteiger partial charge on any atom is -0.378 e. The lowest BCUT2D eigenvalue weighted by Gasteiger charge is -2.26. The molecule has 2 rings (SSSR count). The van der Waals surface area contributed by atoms with E-state index in [1.165, 1.54) is 5.56 Å². The molecule has 0 unspecified atom stereocenters. The Balaban J connectivity index is 0.00000162. The molecule has 1 heterocycles. The van der Waals surface area contributed by atoms with E-state index in [-0.39, 0.29) is 13.3 Å². The molecule has 18 heavy (non-hydrogen) atoms. The van der Waals surface area contributed by atoms with Gasteiger partial charge in [0.25, 0.3) is 5.91 Å². The van der Waals surface area contributed by atoms with Crippen molar-refractivity contribution in [3.8, 4) is 0 Å². The molecule has 100 valence electrons. The standard InChI is InChI=1S/C14H19NO2.CH4/c1-11(2)12-3-5-13(6-4-12)14(16)15-7-9-17-10-8-15;/h3-6,11H,7-10H2,1-2H3;1H4. The maximum absolute atomic E-state index is 12.2. The number of morpholine rings is 1. The number of amides is 1. The van der Waals surface area contributed by atoms with Crippen LogP contribution in [0.5, 0.6) is 0 Å². The molecule has 1 aliphatic heterocycles. The van der Waals surface area contributed by atoms with Crippen molar-refractivity contribution in [2.45, 2.75) is 27.2 Å². The lowest BCUT2D eigenvalue weighted by atomic mass is 10.0. The summed E-state index contributed by atoms with van der Waals surface area (Å²) in [5.41, 5.74) is 2.04. The van der Waals surface area contributed by atoms with Crippen LogP contribution in [0, 0.1) is 0 Å². The summed E-state index contributed by atoms with van der Waals surface area (Å²) in [7, 11) is 0. The second-order valence-corrected chi connectivity index (χ2v) is 4.68. The van der Waals surface area contributed by atoms with Gasteiger partial charge in [0.05, 0.1) is 13.2 Å². The van der Waals surface area contributed by atoms with E-state index in [1.54, 1.807) is 0 Å². The van der Waals surface area contributed by atoms with Gasteiger partial charge in [-0.25, -0.2) is 0 Å². The molecule has 1 aliphatic rings. The fourth-order valence-electron chi connectivity index (χ4n) is 1.96. The fourth-order valence-corrected chi connectivity index (χ4v) is 1.96. The largest absolute Gasteiger partial charge is 0.378 e. The molecule has 3 nitrogen and oxygen atoms in total. The first-order valence-corrected chi connectivity index (χ1v) is 6.15. The van der Waals surface area contributed by atoms with Crippen LogP contribution in [0.25, 0.3) is 0 Å². The van der Waals surface area contributed by atoms with Gasteiger partial charge in [0.1, 0.15) is 0 Å². The van der Waals surface area contributed by atoms with Crippen LogP contribution >= 0.6 is 0 Å². The van der Waals surface area contributed by atoms with Gasteiger partial charge in [-0.15, -0.1) is 0 Å². The van der Waals surface area contributed by atoms with Crippen LogP contribution in [0.15, 0.2) is 24.3 Å². The Bertz CT molecular complexity index is 378. The summed E-state index contributed by atoms with van der Waals surface area (Å²) in [5, 5.41) is 0. The molecule has 0 atom stereocenters. The fraction of sp³-hybridized carbons (Fsp3) is 0.533. The van der Waals surface area contributed by atoms with Gasteiger partial charge in [-0.1, -0.05) is 33.4 Å². The van der Waals surface area contributed by atoms with Crippen molar-refractivity contribution in [1.29, 1.82) is 0 Å². The van der Waals surface area contributed by atoms with Crippen LogP contribution in [0.3, 0.4) is 0 Å². The highest BCUT2D eigenvalue weighted by Gasteiger charge is 2.18. The molecule has 3 heteroatoms. The Morgan fingerprint density at radius 2 is 1.72 bits per heavy atom. The number of hydrogen-bond acceptors (Lipinski definition) is 2. The summed E-state index contributed by atoms with van der Waals surface area (Å²) in [4.78, 5) is 14.0. The molecule has 0 spiro atoms. The van der Waals surface area contributed by atoms with Crippen LogP contribution in [0.1, 0.15) is 43.1 Å². The zero-order valence-corrected chi connectivity index (χ0v) is 10.5. The smallest absolute Gasteiger partial charge is 0.254 e. The first kappa shape index (κ1) is 14.7. The van der Waals surface area contributed by atoms with E-state index in [1.807, 2.05) is 29.2 Å². The molecule has 0 N–H and O–H groups in total. The maximum Gasteiger partial charge on any atom is 0.254 e. The third-order valence-electron chi connectivity index (χ3n) is 3.12. The molecule has 1 aromatic rings. The third kappa shape index (κ3) is 3.33. The van der Waals surface area contributed by atoms with Crippen molar-refractivity contribution in [1.82, 2.24) is 4.90 Å². The highest BCUT2D eigenvalue weighted by atomic mass is 16.5. The van der Waals surface area contributed by atoms with Crippen molar-refractivity contribution in [3.05, 3.63) is 35.4 Å². The van der Waals surface area contributed by atoms with E-state index in [2.05, 4.69) is 13.8 Å². The van der Waals surface area contributed by atoms with E-state index in [0.29, 0.717) is 32.2 Å². The average molecular weight is 249 g/mol. The van der Waals surface area contributed by atoms with Crippen molar-refractivity contribution in [3.63, 3.8) is 0 Å². The summed E-state index contributed by atoms with van der Waals surface area (Å²) in [5.74, 6) is 0.617. The Hall–Kier alpha value is -1.35. The first-order valence-electron chi connectivity index (χ1n) is 6.15. The molecule has 1 aromatic carbocycles. The zero-order valence-electron chi connectivity index (χ0n) is 10.5. The molecular weight excluding hydrogens is 226 g/mol. The lowest BCUT2D eigenvalue weighted by Crippen LogP contribution is -2.40. The Kier molecular flexibility index (Phi) is 5.35. The number of hydrogen-bond donors (Lipinski definition) is 0. The number of carbonyl (C=O) groups is 1. The lowest BCUT2D eigenvalue weighted by molar-refractivity contribution is 0.0303. The molecule has 0 bridgehead atoms. The van der Waals surface area contributed by atoms with Crippen LogP contribution < -0.4 is 0 Å². The van der Waals surface area contributed by atoms with Gasteiger partial charge in [0, 0.05) is 18.7 Å². The molecule has 0 aliphatic carbocycles. The van der Waals surface area contributed by atoms with Crippen molar-refractivity contribution in [2.24, 2.45) is 0 Å². The summed E-state index contributed by atoms with van der Waals surface area (Å²) < 4.78 is 5.24. The van der Waals surface area contributed by atoms with Gasteiger partial charge in [-0.2, -0.15) is 0 Å². The summed E-state index contributed by atoms with van der Waals surface area (Å²) in [6.07, 6.45) is 0. The van der Waals surface area contributed by atoms with E-state index < -0.39 is 0 Å². The van der Waals surface area contributed by atoms with Crippen molar-refractivity contribution in [2.75, 3.05) is 26.3 Å². The summed E-state index contributed by atoms with van der Waals surface area (Å²) in [6, 6.07) is 7.93. The molecule has 0 saturated carbocycles. The molecular formula is C15H23NO2. The van der Waals surface area contributed by atoms with Crippen molar-refractivity contribution < 1.29 is 9.53 Å². The third-order valence-corrected chi connectivity index (χ3v) is 3.12. The van der Waals surface area contributed by atoms with Gasteiger partial charge in [0.15, 0.2) is 0 Å². The summed E-state index contributed by atoms with van der Waals surface area (Å²) in [6.45, 7) is 7.00. The highest BCUT2D eigenvalue weighted by molar-refractivity contribution is 5.94. The highest BCUT2D eigenvalue weighted by Crippen LogP contribution is 2.16. The Labute approximate surface area is 110 Å². The minimum absolute atomic E-state index is 0. The molecule has 0 aromatic heterocycles. The molecule has 1 fully saturated rings. The average Bonchev–Trinajstić information content (AvgIpc) is 2.39. The number of carbonyl (C=O) groups excluding carboxylic acids is 1. The topological polar surface area (TPSA) is 29.5 Å². The minimum atomic E-state index is 0. The monoisotopic (exact) mass is 249 g/mol. The van der Waals surface area contributed by atoms with Crippen molar-refractivity contribution >= 4 is 5.91 Å². The normalized spacial score (nSPS) is 15.4. The predicted molar refractivity (Wildman–Crippen MR) is 74.0 cm³/mol. The van der Waals surface area contributed by atoms with Gasteiger partial charge < -0.3 is 9.64 Å². The van der Waals surface area contributed by atoms with E-state index >= 15 is 0 Å². The first-order chi connectivity index (χ1) is 8.18. The van der Waals surface area contributed by atoms with Crippen LogP contribution in [-0.4, -0.2) is 37.1 Å². The number of rotatable bonds is 2. The summed E-state index contributed by atoms with van der Waals surface area (Å²) >= 11 is 0. The predicted octanol–water partition coefficient (Wildman–Crippen LogP) is 2.92. The molecule has 1 amide bonds. The Morgan fingerprint density at radius 1 is 1.17 bits per heavy atom. The number of nitrogens with zero attached hydrogens (tertiary/aromatic N) is 1. The van der Waals surface area contributed by atoms with Crippen LogP contribution in [-0.2, 0) is 4.74 Å². The molecule has 1 saturated heterocycles. The SMILES string of the molecule is C.CC(C)c1ccc(C(=O)N2CCOCC2)cc1. The zero-order chi connectivity index (χ0) is 12.3. The quantitative estimate of drug-likeness (QED) is 0.806. The van der Waals surface area contributed by atoms with E-state index in [0.717, 1.165) is 5.56 Å². The number of ether oxygens (including phenoxy) is 1. The second-order valence-electron chi connectivity index (χ2n) is 4.68. The second kappa shape index (κ2) is 6.55. The number of benzene rings is 1. The van der Waals surface area contributed by atoms with Crippen LogP contribution in [0.4, 0.5) is 0 Å². The van der Waals surface area contributed by atoms with E-state index in [9.17, 15) is 4.79 Å². The van der Waals surface area contributed by atoms with Crippen LogP contribution in [0.2, 0.25) is 0 Å². The van der Waals surface area contributed by atoms with Gasteiger partial charge in [-0.3, -0.25) is 4.79 Å². The maximum atomic E-state index is 12.2. The van der Waals surface area contributed by atoms with Gasteiger partial charge in [0.2, 0.25) is 0 Å². The van der Waals surface area contributed by atoms with E-state index in [4.69, 9.17) is 4.74 Å².